The first kappa shape index (κ1) is 16.2. The van der Waals surface area contributed by atoms with E-state index in [2.05, 4.69) is 5.32 Å². The van der Waals surface area contributed by atoms with Crippen LogP contribution in [0.4, 0.5) is 0 Å². The van der Waals surface area contributed by atoms with Crippen LogP contribution < -0.4 is 5.32 Å². The van der Waals surface area contributed by atoms with E-state index in [-0.39, 0.29) is 0 Å². The number of aryl methyl sites for hydroxylation is 1. The van der Waals surface area contributed by atoms with Crippen LogP contribution in [0.5, 0.6) is 0 Å². The highest BCUT2D eigenvalue weighted by Crippen LogP contribution is 2.20. The van der Waals surface area contributed by atoms with Crippen molar-refractivity contribution in [3.63, 3.8) is 0 Å². The maximum atomic E-state index is 12.6. The van der Waals surface area contributed by atoms with Gasteiger partial charge in [-0.05, 0) is 35.0 Å². The molecule has 0 fully saturated rings. The number of sulfonamides is 1. The van der Waals surface area contributed by atoms with E-state index >= 15 is 0 Å². The Labute approximate surface area is 130 Å². The molecule has 2 rings (SSSR count). The van der Waals surface area contributed by atoms with Crippen molar-refractivity contribution in [2.45, 2.75) is 24.9 Å². The van der Waals surface area contributed by atoms with Crippen LogP contribution in [-0.4, -0.2) is 30.9 Å². The van der Waals surface area contributed by atoms with Gasteiger partial charge in [0.25, 0.3) is 0 Å². The number of thiophene rings is 1. The zero-order valence-corrected chi connectivity index (χ0v) is 14.2. The molecule has 0 saturated carbocycles. The molecule has 116 valence electrons. The van der Waals surface area contributed by atoms with E-state index in [0.717, 1.165) is 17.8 Å². The van der Waals surface area contributed by atoms with E-state index in [0.29, 0.717) is 18.0 Å². The number of aromatic nitrogens is 1. The van der Waals surface area contributed by atoms with E-state index in [1.165, 1.54) is 4.31 Å². The zero-order chi connectivity index (χ0) is 15.5. The van der Waals surface area contributed by atoms with Crippen molar-refractivity contribution in [1.82, 2.24) is 14.2 Å². The van der Waals surface area contributed by atoms with Crippen LogP contribution in [0.2, 0.25) is 0 Å². The normalized spacial score (nSPS) is 12.2. The quantitative estimate of drug-likeness (QED) is 0.846. The van der Waals surface area contributed by atoms with Gasteiger partial charge in [0, 0.05) is 39.1 Å². The molecule has 0 spiro atoms. The Balaban J connectivity index is 2.18. The van der Waals surface area contributed by atoms with E-state index in [9.17, 15) is 8.42 Å². The first-order chi connectivity index (χ1) is 9.95. The third-order valence-electron chi connectivity index (χ3n) is 3.33. The maximum Gasteiger partial charge on any atom is 0.244 e. The first-order valence-corrected chi connectivity index (χ1v) is 9.16. The van der Waals surface area contributed by atoms with E-state index < -0.39 is 10.0 Å². The van der Waals surface area contributed by atoms with Crippen molar-refractivity contribution in [2.75, 3.05) is 13.6 Å². The van der Waals surface area contributed by atoms with Crippen molar-refractivity contribution >= 4 is 21.4 Å². The van der Waals surface area contributed by atoms with E-state index in [1.807, 2.05) is 35.4 Å². The summed E-state index contributed by atoms with van der Waals surface area (Å²) in [5, 5.41) is 7.12. The Morgan fingerprint density at radius 1 is 1.43 bits per heavy atom. The summed E-state index contributed by atoms with van der Waals surface area (Å²) in [6.07, 6.45) is 1.67. The van der Waals surface area contributed by atoms with Gasteiger partial charge in [-0.2, -0.15) is 15.6 Å². The molecule has 7 heteroatoms. The van der Waals surface area contributed by atoms with Crippen molar-refractivity contribution in [3.05, 3.63) is 40.3 Å². The molecule has 2 aromatic heterocycles. The third kappa shape index (κ3) is 3.74. The molecule has 0 aliphatic rings. The molecule has 0 aromatic carbocycles. The van der Waals surface area contributed by atoms with Gasteiger partial charge in [-0.25, -0.2) is 8.42 Å². The standard InChI is InChI=1S/C14H21N3O2S2/c1-4-15-8-13-7-14(10-16(13)2)21(18,19)17(3)9-12-5-6-20-11-12/h5-7,10-11,15H,4,8-9H2,1-3H3. The molecule has 0 saturated heterocycles. The molecule has 2 heterocycles. The SMILES string of the molecule is CCNCc1cc(S(=O)(=O)N(C)Cc2ccsc2)cn1C. The number of rotatable bonds is 7. The molecule has 0 radical (unpaired) electrons. The van der Waals surface area contributed by atoms with Gasteiger partial charge in [-0.3, -0.25) is 0 Å². The molecule has 0 atom stereocenters. The molecule has 0 aliphatic heterocycles. The van der Waals surface area contributed by atoms with Gasteiger partial charge in [-0.15, -0.1) is 0 Å². The lowest BCUT2D eigenvalue weighted by Gasteiger charge is -2.15. The highest BCUT2D eigenvalue weighted by Gasteiger charge is 2.23. The molecule has 2 aromatic rings. The smallest absolute Gasteiger partial charge is 0.244 e. The Bertz CT molecular complexity index is 675. The summed E-state index contributed by atoms with van der Waals surface area (Å²) in [6.45, 7) is 3.93. The van der Waals surface area contributed by atoms with Crippen LogP contribution in [0.25, 0.3) is 0 Å². The lowest BCUT2D eigenvalue weighted by atomic mass is 10.3. The predicted octanol–water partition coefficient (Wildman–Crippen LogP) is 2.02. The van der Waals surface area contributed by atoms with Gasteiger partial charge in [0.1, 0.15) is 4.90 Å². The number of hydrogen-bond donors (Lipinski definition) is 1. The maximum absolute atomic E-state index is 12.6. The fraction of sp³-hybridized carbons (Fsp3) is 0.429. The first-order valence-electron chi connectivity index (χ1n) is 6.78. The van der Waals surface area contributed by atoms with Crippen molar-refractivity contribution in [3.8, 4) is 0 Å². The van der Waals surface area contributed by atoms with Crippen LogP contribution in [0, 0.1) is 0 Å². The summed E-state index contributed by atoms with van der Waals surface area (Å²) in [4.78, 5) is 0.343. The second kappa shape index (κ2) is 6.74. The van der Waals surface area contributed by atoms with Gasteiger partial charge in [0.05, 0.1) is 0 Å². The minimum absolute atomic E-state index is 0.343. The largest absolute Gasteiger partial charge is 0.352 e. The van der Waals surface area contributed by atoms with E-state index in [4.69, 9.17) is 0 Å². The van der Waals surface area contributed by atoms with Gasteiger partial charge < -0.3 is 9.88 Å². The van der Waals surface area contributed by atoms with Gasteiger partial charge >= 0.3 is 0 Å². The number of hydrogen-bond acceptors (Lipinski definition) is 4. The minimum Gasteiger partial charge on any atom is -0.352 e. The molecular formula is C14H21N3O2S2. The zero-order valence-electron chi connectivity index (χ0n) is 12.5. The van der Waals surface area contributed by atoms with Crippen LogP contribution in [0.3, 0.4) is 0 Å². The summed E-state index contributed by atoms with van der Waals surface area (Å²) in [7, 11) is 0.0283. The predicted molar refractivity (Wildman–Crippen MR) is 85.8 cm³/mol. The van der Waals surface area contributed by atoms with Gasteiger partial charge in [0.2, 0.25) is 10.0 Å². The average Bonchev–Trinajstić information content (AvgIpc) is 3.06. The molecule has 1 N–H and O–H groups in total. The monoisotopic (exact) mass is 327 g/mol. The summed E-state index contributed by atoms with van der Waals surface area (Å²) in [5.41, 5.74) is 1.97. The fourth-order valence-electron chi connectivity index (χ4n) is 2.05. The minimum atomic E-state index is -3.45. The number of nitrogens with one attached hydrogen (secondary N) is 1. The highest BCUT2D eigenvalue weighted by atomic mass is 32.2. The van der Waals surface area contributed by atoms with Crippen molar-refractivity contribution < 1.29 is 8.42 Å². The lowest BCUT2D eigenvalue weighted by molar-refractivity contribution is 0.467. The molecule has 0 aliphatic carbocycles. The summed E-state index contributed by atoms with van der Waals surface area (Å²) in [6, 6.07) is 3.68. The van der Waals surface area contributed by atoms with Crippen molar-refractivity contribution in [1.29, 1.82) is 0 Å². The molecule has 0 bridgehead atoms. The topological polar surface area (TPSA) is 54.3 Å². The van der Waals surface area contributed by atoms with Crippen LogP contribution >= 0.6 is 11.3 Å². The summed E-state index contributed by atoms with van der Waals surface area (Å²) in [5.74, 6) is 0. The third-order valence-corrected chi connectivity index (χ3v) is 5.83. The average molecular weight is 327 g/mol. The van der Waals surface area contributed by atoms with E-state index in [1.54, 1.807) is 30.6 Å². The summed E-state index contributed by atoms with van der Waals surface area (Å²) < 4.78 is 28.4. The highest BCUT2D eigenvalue weighted by molar-refractivity contribution is 7.89. The number of nitrogens with zero attached hydrogens (tertiary/aromatic N) is 2. The fourth-order valence-corrected chi connectivity index (χ4v) is 3.97. The van der Waals surface area contributed by atoms with Crippen LogP contribution in [0.1, 0.15) is 18.2 Å². The molecule has 0 unspecified atom stereocenters. The van der Waals surface area contributed by atoms with Crippen molar-refractivity contribution in [2.24, 2.45) is 7.05 Å². The summed E-state index contributed by atoms with van der Waals surface area (Å²) >= 11 is 1.57. The Kier molecular flexibility index (Phi) is 5.21. The Morgan fingerprint density at radius 3 is 2.81 bits per heavy atom. The Morgan fingerprint density at radius 2 is 2.19 bits per heavy atom. The molecule has 5 nitrogen and oxygen atoms in total. The second-order valence-corrected chi connectivity index (χ2v) is 7.78. The van der Waals surface area contributed by atoms with Gasteiger partial charge in [-0.1, -0.05) is 6.92 Å². The molecule has 21 heavy (non-hydrogen) atoms. The molecular weight excluding hydrogens is 306 g/mol. The second-order valence-electron chi connectivity index (χ2n) is 4.95. The Hall–Kier alpha value is -1.15. The molecule has 0 amide bonds. The van der Waals surface area contributed by atoms with Gasteiger partial charge in [0.15, 0.2) is 0 Å². The van der Waals surface area contributed by atoms with Crippen LogP contribution in [-0.2, 0) is 30.2 Å². The van der Waals surface area contributed by atoms with Crippen LogP contribution in [0.15, 0.2) is 34.0 Å². The lowest BCUT2D eigenvalue weighted by Crippen LogP contribution is -2.26.